The number of aromatic nitrogens is 3. The summed E-state index contributed by atoms with van der Waals surface area (Å²) in [6, 6.07) is 12.2. The number of aryl methyl sites for hydroxylation is 3. The van der Waals surface area contributed by atoms with Crippen molar-refractivity contribution in [3.05, 3.63) is 87.2 Å². The van der Waals surface area contributed by atoms with Crippen LogP contribution in [0.15, 0.2) is 42.6 Å². The maximum Gasteiger partial charge on any atom is 0.257 e. The third kappa shape index (κ3) is 4.93. The molecule has 1 aromatic carbocycles. The highest BCUT2D eigenvalue weighted by Gasteiger charge is 2.28. The molecule has 0 aliphatic carbocycles. The minimum Gasteiger partial charge on any atom is -0.338 e. The smallest absolute Gasteiger partial charge is 0.257 e. The molecule has 0 N–H and O–H groups in total. The van der Waals surface area contributed by atoms with Crippen LogP contribution in [0.5, 0.6) is 0 Å². The minimum absolute atomic E-state index is 0.00569. The van der Waals surface area contributed by atoms with Gasteiger partial charge in [-0.05, 0) is 69.4 Å². The Morgan fingerprint density at radius 2 is 1.97 bits per heavy atom. The van der Waals surface area contributed by atoms with E-state index < -0.39 is 0 Å². The van der Waals surface area contributed by atoms with Gasteiger partial charge in [-0.25, -0.2) is 9.97 Å². The molecule has 1 amide bonds. The molecule has 2 aromatic heterocycles. The van der Waals surface area contributed by atoms with E-state index in [4.69, 9.17) is 16.6 Å². The zero-order valence-corrected chi connectivity index (χ0v) is 19.0. The lowest BCUT2D eigenvalue weighted by Gasteiger charge is -2.33. The van der Waals surface area contributed by atoms with Gasteiger partial charge in [0, 0.05) is 41.6 Å². The summed E-state index contributed by atoms with van der Waals surface area (Å²) in [5.41, 5.74) is 5.67. The van der Waals surface area contributed by atoms with Crippen LogP contribution in [0.25, 0.3) is 0 Å². The zero-order chi connectivity index (χ0) is 22.0. The van der Waals surface area contributed by atoms with Crippen LogP contribution in [-0.4, -0.2) is 38.8 Å². The van der Waals surface area contributed by atoms with Crippen molar-refractivity contribution < 1.29 is 4.79 Å². The Kier molecular flexibility index (Phi) is 6.33. The van der Waals surface area contributed by atoms with Gasteiger partial charge in [0.2, 0.25) is 0 Å². The molecule has 3 aromatic rings. The molecule has 31 heavy (non-hydrogen) atoms. The number of piperidine rings is 1. The Labute approximate surface area is 188 Å². The Bertz CT molecular complexity index is 1110. The first kappa shape index (κ1) is 21.4. The van der Waals surface area contributed by atoms with Gasteiger partial charge in [0.1, 0.15) is 5.82 Å². The highest BCUT2D eigenvalue weighted by molar-refractivity contribution is 6.31. The molecule has 0 unspecified atom stereocenters. The first-order valence-electron chi connectivity index (χ1n) is 10.7. The van der Waals surface area contributed by atoms with Gasteiger partial charge in [-0.15, -0.1) is 0 Å². The maximum atomic E-state index is 13.1. The fourth-order valence-corrected chi connectivity index (χ4v) is 4.51. The van der Waals surface area contributed by atoms with Gasteiger partial charge in [-0.2, -0.15) is 0 Å². The Balaban J connectivity index is 1.55. The lowest BCUT2D eigenvalue weighted by Crippen LogP contribution is -2.39. The number of halogens is 1. The second-order valence-electron chi connectivity index (χ2n) is 8.32. The normalized spacial score (nSPS) is 16.4. The average Bonchev–Trinajstić information content (AvgIpc) is 2.75. The van der Waals surface area contributed by atoms with Crippen LogP contribution in [0.1, 0.15) is 63.2 Å². The summed E-state index contributed by atoms with van der Waals surface area (Å²) in [7, 11) is 0. The number of hydrogen-bond acceptors (Lipinski definition) is 4. The van der Waals surface area contributed by atoms with Crippen LogP contribution >= 0.6 is 11.6 Å². The molecule has 1 aliphatic rings. The summed E-state index contributed by atoms with van der Waals surface area (Å²) in [6.45, 7) is 7.14. The predicted octanol–water partition coefficient (Wildman–Crippen LogP) is 5.06. The highest BCUT2D eigenvalue weighted by Crippen LogP contribution is 2.29. The number of benzene rings is 1. The number of hydrogen-bond donors (Lipinski definition) is 0. The minimum atomic E-state index is 0.00569. The standard InChI is InChI=1S/C25H27ClN4O/c1-16-11-19(12-20-7-4-5-9-23(20)26)13-24(28-16)21-8-6-10-30(15-21)25(31)22-14-27-18(3)29-17(22)2/h4-5,7,9,11,13-14,21H,6,8,10,12,15H2,1-3H3/t21-/m0/s1. The molecular weight excluding hydrogens is 408 g/mol. The summed E-state index contributed by atoms with van der Waals surface area (Å²) < 4.78 is 0. The fraction of sp³-hybridized carbons (Fsp3) is 0.360. The summed E-state index contributed by atoms with van der Waals surface area (Å²) >= 11 is 6.37. The van der Waals surface area contributed by atoms with Crippen LogP contribution in [-0.2, 0) is 6.42 Å². The molecule has 1 atom stereocenters. The van der Waals surface area contributed by atoms with Gasteiger partial charge in [0.05, 0.1) is 11.3 Å². The van der Waals surface area contributed by atoms with E-state index in [1.807, 2.05) is 43.9 Å². The van der Waals surface area contributed by atoms with E-state index in [2.05, 4.69) is 28.2 Å². The Morgan fingerprint density at radius 3 is 2.74 bits per heavy atom. The van der Waals surface area contributed by atoms with Crippen LogP contribution in [0, 0.1) is 20.8 Å². The largest absolute Gasteiger partial charge is 0.338 e. The topological polar surface area (TPSA) is 59.0 Å². The highest BCUT2D eigenvalue weighted by atomic mass is 35.5. The van der Waals surface area contributed by atoms with E-state index >= 15 is 0 Å². The van der Waals surface area contributed by atoms with Crippen molar-refractivity contribution in [2.45, 2.75) is 46.0 Å². The van der Waals surface area contributed by atoms with E-state index in [9.17, 15) is 4.79 Å². The van der Waals surface area contributed by atoms with Gasteiger partial charge in [-0.1, -0.05) is 29.8 Å². The second kappa shape index (κ2) is 9.15. The van der Waals surface area contributed by atoms with E-state index in [-0.39, 0.29) is 11.8 Å². The van der Waals surface area contributed by atoms with Gasteiger partial charge in [0.25, 0.3) is 5.91 Å². The third-order valence-electron chi connectivity index (χ3n) is 5.84. The van der Waals surface area contributed by atoms with Gasteiger partial charge in [0.15, 0.2) is 0 Å². The van der Waals surface area contributed by atoms with E-state index in [0.29, 0.717) is 17.9 Å². The fourth-order valence-electron chi connectivity index (χ4n) is 4.31. The van der Waals surface area contributed by atoms with Gasteiger partial charge < -0.3 is 4.90 Å². The molecule has 3 heterocycles. The number of amides is 1. The molecule has 5 nitrogen and oxygen atoms in total. The molecule has 0 spiro atoms. The maximum absolute atomic E-state index is 13.1. The first-order valence-corrected chi connectivity index (χ1v) is 11.1. The lowest BCUT2D eigenvalue weighted by atomic mass is 9.92. The predicted molar refractivity (Wildman–Crippen MR) is 123 cm³/mol. The van der Waals surface area contributed by atoms with Crippen molar-refractivity contribution in [3.8, 4) is 0 Å². The monoisotopic (exact) mass is 434 g/mol. The third-order valence-corrected chi connectivity index (χ3v) is 6.21. The summed E-state index contributed by atoms with van der Waals surface area (Å²) in [4.78, 5) is 28.5. The van der Waals surface area contributed by atoms with Crippen LogP contribution < -0.4 is 0 Å². The Morgan fingerprint density at radius 1 is 1.16 bits per heavy atom. The zero-order valence-electron chi connectivity index (χ0n) is 18.2. The number of carbonyl (C=O) groups excluding carboxylic acids is 1. The lowest BCUT2D eigenvalue weighted by molar-refractivity contribution is 0.0704. The number of pyridine rings is 1. The first-order chi connectivity index (χ1) is 14.9. The molecule has 0 radical (unpaired) electrons. The molecule has 1 aliphatic heterocycles. The van der Waals surface area contributed by atoms with E-state index in [1.165, 1.54) is 5.56 Å². The van der Waals surface area contributed by atoms with Crippen LogP contribution in [0.3, 0.4) is 0 Å². The molecule has 6 heteroatoms. The molecule has 1 fully saturated rings. The van der Waals surface area contributed by atoms with Crippen molar-refractivity contribution in [2.24, 2.45) is 0 Å². The van der Waals surface area contributed by atoms with Gasteiger partial charge in [-0.3, -0.25) is 9.78 Å². The second-order valence-corrected chi connectivity index (χ2v) is 8.72. The molecule has 4 rings (SSSR count). The Hall–Kier alpha value is -2.79. The number of likely N-dealkylation sites (tertiary alicyclic amines) is 1. The van der Waals surface area contributed by atoms with Crippen molar-refractivity contribution in [1.29, 1.82) is 0 Å². The van der Waals surface area contributed by atoms with Gasteiger partial charge >= 0.3 is 0 Å². The summed E-state index contributed by atoms with van der Waals surface area (Å²) in [5, 5.41) is 0.781. The molecular formula is C25H27ClN4O. The quantitative estimate of drug-likeness (QED) is 0.575. The summed E-state index contributed by atoms with van der Waals surface area (Å²) in [6.07, 6.45) is 4.40. The SMILES string of the molecule is Cc1cc(Cc2ccccc2Cl)cc([C@H]2CCCN(C(=O)c3cnc(C)nc3C)C2)n1. The molecule has 160 valence electrons. The van der Waals surface area contributed by atoms with Crippen molar-refractivity contribution in [3.63, 3.8) is 0 Å². The summed E-state index contributed by atoms with van der Waals surface area (Å²) in [5.74, 6) is 0.904. The number of carbonyl (C=O) groups is 1. The van der Waals surface area contributed by atoms with E-state index in [0.717, 1.165) is 53.5 Å². The molecule has 0 bridgehead atoms. The van der Waals surface area contributed by atoms with Crippen molar-refractivity contribution in [1.82, 2.24) is 19.9 Å². The van der Waals surface area contributed by atoms with Crippen molar-refractivity contribution >= 4 is 17.5 Å². The van der Waals surface area contributed by atoms with Crippen LogP contribution in [0.4, 0.5) is 0 Å². The van der Waals surface area contributed by atoms with E-state index in [1.54, 1.807) is 6.20 Å². The average molecular weight is 435 g/mol. The number of nitrogens with zero attached hydrogens (tertiary/aromatic N) is 4. The van der Waals surface area contributed by atoms with Crippen molar-refractivity contribution in [2.75, 3.05) is 13.1 Å². The molecule has 1 saturated heterocycles. The van der Waals surface area contributed by atoms with Crippen LogP contribution in [0.2, 0.25) is 5.02 Å². The number of rotatable bonds is 4. The molecule has 0 saturated carbocycles.